The van der Waals surface area contributed by atoms with Gasteiger partial charge in [-0.3, -0.25) is 4.79 Å². The van der Waals surface area contributed by atoms with Crippen molar-refractivity contribution in [1.82, 2.24) is 10.3 Å². The second kappa shape index (κ2) is 6.72. The second-order valence-corrected chi connectivity index (χ2v) is 6.00. The molecule has 0 fully saturated rings. The second-order valence-electron chi connectivity index (χ2n) is 4.25. The molecular formula is C14H16ClN3OS. The summed E-state index contributed by atoms with van der Waals surface area (Å²) in [7, 11) is 0. The molecule has 0 aliphatic carbocycles. The Kier molecular flexibility index (Phi) is 4.98. The van der Waals surface area contributed by atoms with Crippen molar-refractivity contribution in [2.24, 2.45) is 0 Å². The third kappa shape index (κ3) is 3.71. The molecule has 0 aliphatic heterocycles. The highest BCUT2D eigenvalue weighted by atomic mass is 35.5. The van der Waals surface area contributed by atoms with E-state index in [9.17, 15) is 4.79 Å². The van der Waals surface area contributed by atoms with Gasteiger partial charge >= 0.3 is 0 Å². The lowest BCUT2D eigenvalue weighted by Gasteiger charge is -2.11. The van der Waals surface area contributed by atoms with E-state index < -0.39 is 0 Å². The number of benzene rings is 1. The summed E-state index contributed by atoms with van der Waals surface area (Å²) in [6, 6.07) is 5.26. The molecule has 2 rings (SSSR count). The number of amides is 1. The van der Waals surface area contributed by atoms with E-state index in [0.29, 0.717) is 17.1 Å². The van der Waals surface area contributed by atoms with Gasteiger partial charge in [0.05, 0.1) is 17.1 Å². The van der Waals surface area contributed by atoms with Crippen LogP contribution < -0.4 is 10.6 Å². The minimum Gasteiger partial charge on any atom is -0.385 e. The summed E-state index contributed by atoms with van der Waals surface area (Å²) < 4.78 is 0. The standard InChI is InChI=1S/C14H16ClN3OS/c1-3-16-13-5-4-10(15)6-12(13)14(19)18-8-11-7-17-9(2)20-11/h4-7,16H,3,8H2,1-2H3,(H,18,19). The van der Waals surface area contributed by atoms with E-state index in [2.05, 4.69) is 15.6 Å². The summed E-state index contributed by atoms with van der Waals surface area (Å²) in [5, 5.41) is 7.58. The number of carbonyl (C=O) groups excluding carboxylic acids is 1. The Morgan fingerprint density at radius 2 is 2.25 bits per heavy atom. The van der Waals surface area contributed by atoms with E-state index in [-0.39, 0.29) is 5.91 Å². The molecule has 0 spiro atoms. The average molecular weight is 310 g/mol. The number of carbonyl (C=O) groups is 1. The zero-order chi connectivity index (χ0) is 14.5. The summed E-state index contributed by atoms with van der Waals surface area (Å²) in [6.45, 7) is 5.14. The molecular weight excluding hydrogens is 294 g/mol. The van der Waals surface area contributed by atoms with Gasteiger partial charge in [0.1, 0.15) is 0 Å². The molecule has 0 aliphatic rings. The largest absolute Gasteiger partial charge is 0.385 e. The molecule has 2 aromatic rings. The van der Waals surface area contributed by atoms with Crippen LogP contribution in [0, 0.1) is 6.92 Å². The first kappa shape index (κ1) is 14.8. The molecule has 0 saturated carbocycles. The molecule has 20 heavy (non-hydrogen) atoms. The molecule has 4 nitrogen and oxygen atoms in total. The first-order valence-electron chi connectivity index (χ1n) is 6.33. The van der Waals surface area contributed by atoms with Crippen LogP contribution in [0.3, 0.4) is 0 Å². The molecule has 0 unspecified atom stereocenters. The van der Waals surface area contributed by atoms with Crippen molar-refractivity contribution in [1.29, 1.82) is 0 Å². The lowest BCUT2D eigenvalue weighted by Crippen LogP contribution is -2.23. The lowest BCUT2D eigenvalue weighted by molar-refractivity contribution is 0.0952. The van der Waals surface area contributed by atoms with Crippen LogP contribution in [0.2, 0.25) is 5.02 Å². The van der Waals surface area contributed by atoms with Crippen molar-refractivity contribution < 1.29 is 4.79 Å². The quantitative estimate of drug-likeness (QED) is 0.889. The number of halogens is 1. The van der Waals surface area contributed by atoms with Gasteiger partial charge in [0, 0.05) is 28.3 Å². The van der Waals surface area contributed by atoms with Gasteiger partial charge in [0.25, 0.3) is 5.91 Å². The normalized spacial score (nSPS) is 10.3. The van der Waals surface area contributed by atoms with Crippen LogP contribution in [0.4, 0.5) is 5.69 Å². The fourth-order valence-electron chi connectivity index (χ4n) is 1.80. The van der Waals surface area contributed by atoms with Gasteiger partial charge < -0.3 is 10.6 Å². The number of nitrogens with zero attached hydrogens (tertiary/aromatic N) is 1. The van der Waals surface area contributed by atoms with Crippen LogP contribution >= 0.6 is 22.9 Å². The van der Waals surface area contributed by atoms with Gasteiger partial charge in [-0.15, -0.1) is 11.3 Å². The maximum atomic E-state index is 12.2. The molecule has 6 heteroatoms. The summed E-state index contributed by atoms with van der Waals surface area (Å²) in [6.07, 6.45) is 1.78. The van der Waals surface area contributed by atoms with Crippen molar-refractivity contribution in [2.75, 3.05) is 11.9 Å². The van der Waals surface area contributed by atoms with Crippen molar-refractivity contribution in [3.8, 4) is 0 Å². The number of rotatable bonds is 5. The Labute approximate surface area is 127 Å². The van der Waals surface area contributed by atoms with Crippen molar-refractivity contribution in [3.05, 3.63) is 44.9 Å². The Morgan fingerprint density at radius 3 is 2.90 bits per heavy atom. The monoisotopic (exact) mass is 309 g/mol. The topological polar surface area (TPSA) is 54.0 Å². The lowest BCUT2D eigenvalue weighted by atomic mass is 10.1. The number of hydrogen-bond donors (Lipinski definition) is 2. The predicted molar refractivity (Wildman–Crippen MR) is 83.6 cm³/mol. The Balaban J connectivity index is 2.09. The minimum absolute atomic E-state index is 0.144. The predicted octanol–water partition coefficient (Wildman–Crippen LogP) is 3.47. The summed E-state index contributed by atoms with van der Waals surface area (Å²) in [5.41, 5.74) is 1.34. The van der Waals surface area contributed by atoms with Gasteiger partial charge in [-0.2, -0.15) is 0 Å². The fourth-order valence-corrected chi connectivity index (χ4v) is 2.71. The smallest absolute Gasteiger partial charge is 0.253 e. The maximum absolute atomic E-state index is 12.2. The van der Waals surface area contributed by atoms with E-state index in [1.807, 2.05) is 19.9 Å². The molecule has 0 bridgehead atoms. The van der Waals surface area contributed by atoms with Crippen molar-refractivity contribution >= 4 is 34.5 Å². The van der Waals surface area contributed by atoms with Crippen LogP contribution in [-0.2, 0) is 6.54 Å². The van der Waals surface area contributed by atoms with Crippen LogP contribution in [0.15, 0.2) is 24.4 Å². The number of anilines is 1. The molecule has 106 valence electrons. The van der Waals surface area contributed by atoms with Gasteiger partial charge in [0.2, 0.25) is 0 Å². The molecule has 1 amide bonds. The summed E-state index contributed by atoms with van der Waals surface area (Å²) >= 11 is 7.54. The Hall–Kier alpha value is -1.59. The number of aromatic nitrogens is 1. The van der Waals surface area contributed by atoms with Gasteiger partial charge in [-0.1, -0.05) is 11.6 Å². The van der Waals surface area contributed by atoms with Gasteiger partial charge in [0.15, 0.2) is 0 Å². The zero-order valence-corrected chi connectivity index (χ0v) is 12.9. The summed E-state index contributed by atoms with van der Waals surface area (Å²) in [4.78, 5) is 17.4. The van der Waals surface area contributed by atoms with Gasteiger partial charge in [-0.05, 0) is 32.0 Å². The van der Waals surface area contributed by atoms with Crippen molar-refractivity contribution in [2.45, 2.75) is 20.4 Å². The first-order chi connectivity index (χ1) is 9.60. The molecule has 1 aromatic carbocycles. The zero-order valence-electron chi connectivity index (χ0n) is 11.4. The average Bonchev–Trinajstić information content (AvgIpc) is 2.84. The highest BCUT2D eigenvalue weighted by Gasteiger charge is 2.12. The Bertz CT molecular complexity index is 612. The van der Waals surface area contributed by atoms with Crippen molar-refractivity contribution in [3.63, 3.8) is 0 Å². The van der Waals surface area contributed by atoms with Gasteiger partial charge in [-0.25, -0.2) is 4.98 Å². The highest BCUT2D eigenvalue weighted by Crippen LogP contribution is 2.21. The maximum Gasteiger partial charge on any atom is 0.253 e. The number of thiazole rings is 1. The van der Waals surface area contributed by atoms with Crippen LogP contribution in [-0.4, -0.2) is 17.4 Å². The van der Waals surface area contributed by atoms with Crippen LogP contribution in [0.25, 0.3) is 0 Å². The van der Waals surface area contributed by atoms with E-state index in [1.54, 1.807) is 29.7 Å². The van der Waals surface area contributed by atoms with Crippen LogP contribution in [0.5, 0.6) is 0 Å². The molecule has 0 saturated heterocycles. The fraction of sp³-hybridized carbons (Fsp3) is 0.286. The molecule has 0 radical (unpaired) electrons. The summed E-state index contributed by atoms with van der Waals surface area (Å²) in [5.74, 6) is -0.144. The number of hydrogen-bond acceptors (Lipinski definition) is 4. The van der Waals surface area contributed by atoms with E-state index in [4.69, 9.17) is 11.6 Å². The molecule has 1 heterocycles. The molecule has 2 N–H and O–H groups in total. The minimum atomic E-state index is -0.144. The highest BCUT2D eigenvalue weighted by molar-refractivity contribution is 7.11. The Morgan fingerprint density at radius 1 is 1.45 bits per heavy atom. The number of nitrogens with one attached hydrogen (secondary N) is 2. The number of aryl methyl sites for hydroxylation is 1. The molecule has 1 aromatic heterocycles. The molecule has 0 atom stereocenters. The van der Waals surface area contributed by atoms with Crippen LogP contribution in [0.1, 0.15) is 27.2 Å². The third-order valence-corrected chi connectivity index (χ3v) is 3.83. The van der Waals surface area contributed by atoms with E-state index in [0.717, 1.165) is 22.1 Å². The third-order valence-electron chi connectivity index (χ3n) is 2.69. The van der Waals surface area contributed by atoms with E-state index in [1.165, 1.54) is 0 Å². The van der Waals surface area contributed by atoms with E-state index >= 15 is 0 Å². The SMILES string of the molecule is CCNc1ccc(Cl)cc1C(=O)NCc1cnc(C)s1. The first-order valence-corrected chi connectivity index (χ1v) is 7.52.